The zero-order chi connectivity index (χ0) is 10.8. The summed E-state index contributed by atoms with van der Waals surface area (Å²) in [4.78, 5) is 7.68. The van der Waals surface area contributed by atoms with Crippen molar-refractivity contribution in [3.63, 3.8) is 0 Å². The standard InChI is InChI=1S/C10H19N3S/c1-10(2,7-11)5-8-6-12-9(14-8)13(3)4/h6H,5,7,11H2,1-4H3. The van der Waals surface area contributed by atoms with Gasteiger partial charge in [0.2, 0.25) is 0 Å². The highest BCUT2D eigenvalue weighted by Crippen LogP contribution is 2.27. The highest BCUT2D eigenvalue weighted by Gasteiger charge is 2.18. The number of nitrogens with zero attached hydrogens (tertiary/aromatic N) is 2. The first kappa shape index (κ1) is 11.5. The first-order valence-corrected chi connectivity index (χ1v) is 5.58. The number of hydrogen-bond donors (Lipinski definition) is 1. The topological polar surface area (TPSA) is 42.2 Å². The van der Waals surface area contributed by atoms with Crippen LogP contribution in [0.3, 0.4) is 0 Å². The van der Waals surface area contributed by atoms with E-state index in [0.717, 1.165) is 11.6 Å². The molecule has 1 heterocycles. The molecule has 0 aliphatic carbocycles. The number of aromatic nitrogens is 1. The van der Waals surface area contributed by atoms with Crippen molar-refractivity contribution in [2.45, 2.75) is 20.3 Å². The molecular formula is C10H19N3S. The molecule has 0 aliphatic rings. The van der Waals surface area contributed by atoms with Crippen LogP contribution in [0.1, 0.15) is 18.7 Å². The first-order valence-electron chi connectivity index (χ1n) is 4.77. The zero-order valence-electron chi connectivity index (χ0n) is 9.37. The van der Waals surface area contributed by atoms with E-state index >= 15 is 0 Å². The van der Waals surface area contributed by atoms with Crippen molar-refractivity contribution in [1.82, 2.24) is 4.98 Å². The zero-order valence-corrected chi connectivity index (χ0v) is 10.2. The molecule has 1 rings (SSSR count). The van der Waals surface area contributed by atoms with Gasteiger partial charge in [-0.3, -0.25) is 0 Å². The fourth-order valence-corrected chi connectivity index (χ4v) is 2.22. The molecule has 0 unspecified atom stereocenters. The van der Waals surface area contributed by atoms with Gasteiger partial charge in [0.15, 0.2) is 5.13 Å². The van der Waals surface area contributed by atoms with Crippen molar-refractivity contribution in [3.05, 3.63) is 11.1 Å². The van der Waals surface area contributed by atoms with Crippen molar-refractivity contribution in [2.75, 3.05) is 25.5 Å². The predicted octanol–water partition coefficient (Wildman–Crippen LogP) is 1.74. The molecule has 0 spiro atoms. The SMILES string of the molecule is CN(C)c1ncc(CC(C)(C)CN)s1. The van der Waals surface area contributed by atoms with E-state index in [1.165, 1.54) is 4.88 Å². The average Bonchev–Trinajstić information content (AvgIpc) is 2.52. The Bertz CT molecular complexity index is 291. The minimum atomic E-state index is 0.177. The van der Waals surface area contributed by atoms with E-state index in [1.807, 2.05) is 25.2 Å². The highest BCUT2D eigenvalue weighted by atomic mass is 32.1. The summed E-state index contributed by atoms with van der Waals surface area (Å²) < 4.78 is 0. The molecule has 0 bridgehead atoms. The maximum atomic E-state index is 5.69. The van der Waals surface area contributed by atoms with Crippen LogP contribution in [0.25, 0.3) is 0 Å². The smallest absolute Gasteiger partial charge is 0.184 e. The largest absolute Gasteiger partial charge is 0.354 e. The molecule has 0 aliphatic heterocycles. The number of anilines is 1. The molecular weight excluding hydrogens is 194 g/mol. The van der Waals surface area contributed by atoms with Crippen LogP contribution in [-0.4, -0.2) is 25.6 Å². The summed E-state index contributed by atoms with van der Waals surface area (Å²) in [6.45, 7) is 5.08. The Morgan fingerprint density at radius 3 is 2.57 bits per heavy atom. The maximum absolute atomic E-state index is 5.69. The molecule has 80 valence electrons. The minimum absolute atomic E-state index is 0.177. The molecule has 1 aromatic heterocycles. The summed E-state index contributed by atoms with van der Waals surface area (Å²) in [6, 6.07) is 0. The van der Waals surface area contributed by atoms with E-state index in [-0.39, 0.29) is 5.41 Å². The summed E-state index contributed by atoms with van der Waals surface area (Å²) >= 11 is 1.74. The van der Waals surface area contributed by atoms with Gasteiger partial charge in [-0.25, -0.2) is 4.98 Å². The van der Waals surface area contributed by atoms with Gasteiger partial charge in [-0.2, -0.15) is 0 Å². The van der Waals surface area contributed by atoms with E-state index in [2.05, 4.69) is 18.8 Å². The first-order chi connectivity index (χ1) is 6.44. The molecule has 14 heavy (non-hydrogen) atoms. The summed E-state index contributed by atoms with van der Waals surface area (Å²) in [5.41, 5.74) is 5.87. The van der Waals surface area contributed by atoms with Crippen molar-refractivity contribution in [1.29, 1.82) is 0 Å². The lowest BCUT2D eigenvalue weighted by molar-refractivity contribution is 0.379. The summed E-state index contributed by atoms with van der Waals surface area (Å²) in [5, 5.41) is 1.06. The lowest BCUT2D eigenvalue weighted by atomic mass is 9.89. The molecule has 0 saturated carbocycles. The molecule has 2 N–H and O–H groups in total. The third-order valence-corrected chi connectivity index (χ3v) is 3.29. The van der Waals surface area contributed by atoms with Crippen LogP contribution in [-0.2, 0) is 6.42 Å². The molecule has 0 radical (unpaired) electrons. The minimum Gasteiger partial charge on any atom is -0.354 e. The van der Waals surface area contributed by atoms with E-state index in [1.54, 1.807) is 11.3 Å². The van der Waals surface area contributed by atoms with E-state index in [0.29, 0.717) is 6.54 Å². The molecule has 0 atom stereocenters. The summed E-state index contributed by atoms with van der Waals surface area (Å²) in [6.07, 6.45) is 2.96. The fourth-order valence-electron chi connectivity index (χ4n) is 1.13. The summed E-state index contributed by atoms with van der Waals surface area (Å²) in [5.74, 6) is 0. The number of thiazole rings is 1. The van der Waals surface area contributed by atoms with E-state index in [4.69, 9.17) is 5.73 Å². The Balaban J connectivity index is 2.69. The Hall–Kier alpha value is -0.610. The van der Waals surface area contributed by atoms with Crippen LogP contribution in [0, 0.1) is 5.41 Å². The quantitative estimate of drug-likeness (QED) is 0.828. The summed E-state index contributed by atoms with van der Waals surface area (Å²) in [7, 11) is 4.02. The monoisotopic (exact) mass is 213 g/mol. The predicted molar refractivity (Wildman–Crippen MR) is 63.0 cm³/mol. The lowest BCUT2D eigenvalue weighted by Crippen LogP contribution is -2.25. The number of rotatable bonds is 4. The van der Waals surface area contributed by atoms with Crippen LogP contribution in [0.5, 0.6) is 0 Å². The Labute approximate surface area is 89.9 Å². The van der Waals surface area contributed by atoms with Gasteiger partial charge in [0.05, 0.1) is 0 Å². The van der Waals surface area contributed by atoms with Gasteiger partial charge in [0, 0.05) is 25.2 Å². The van der Waals surface area contributed by atoms with Gasteiger partial charge in [-0.05, 0) is 18.4 Å². The molecule has 0 amide bonds. The molecule has 3 nitrogen and oxygen atoms in total. The molecule has 0 aromatic carbocycles. The third kappa shape index (κ3) is 2.96. The van der Waals surface area contributed by atoms with Gasteiger partial charge in [0.1, 0.15) is 0 Å². The van der Waals surface area contributed by atoms with Gasteiger partial charge in [-0.1, -0.05) is 13.8 Å². The van der Waals surface area contributed by atoms with Crippen LogP contribution in [0.15, 0.2) is 6.20 Å². The Kier molecular flexibility index (Phi) is 3.50. The van der Waals surface area contributed by atoms with Crippen molar-refractivity contribution in [3.8, 4) is 0 Å². The number of hydrogen-bond acceptors (Lipinski definition) is 4. The van der Waals surface area contributed by atoms with Crippen molar-refractivity contribution in [2.24, 2.45) is 11.1 Å². The fraction of sp³-hybridized carbons (Fsp3) is 0.700. The third-order valence-electron chi connectivity index (χ3n) is 2.13. The normalized spacial score (nSPS) is 11.8. The molecule has 0 fully saturated rings. The van der Waals surface area contributed by atoms with Gasteiger partial charge < -0.3 is 10.6 Å². The van der Waals surface area contributed by atoms with Gasteiger partial charge >= 0.3 is 0 Å². The van der Waals surface area contributed by atoms with Crippen LogP contribution < -0.4 is 10.6 Å². The van der Waals surface area contributed by atoms with E-state index < -0.39 is 0 Å². The van der Waals surface area contributed by atoms with Crippen molar-refractivity contribution < 1.29 is 0 Å². The highest BCUT2D eigenvalue weighted by molar-refractivity contribution is 7.15. The second-order valence-corrected chi connectivity index (χ2v) is 5.64. The van der Waals surface area contributed by atoms with Gasteiger partial charge in [-0.15, -0.1) is 11.3 Å². The average molecular weight is 213 g/mol. The van der Waals surface area contributed by atoms with Crippen LogP contribution in [0.4, 0.5) is 5.13 Å². The van der Waals surface area contributed by atoms with Crippen LogP contribution >= 0.6 is 11.3 Å². The molecule has 0 saturated heterocycles. The van der Waals surface area contributed by atoms with E-state index in [9.17, 15) is 0 Å². The second kappa shape index (κ2) is 4.28. The maximum Gasteiger partial charge on any atom is 0.184 e. The molecule has 1 aromatic rings. The van der Waals surface area contributed by atoms with Crippen LogP contribution in [0.2, 0.25) is 0 Å². The second-order valence-electron chi connectivity index (χ2n) is 4.55. The Morgan fingerprint density at radius 1 is 1.50 bits per heavy atom. The number of nitrogens with two attached hydrogens (primary N) is 1. The Morgan fingerprint density at radius 2 is 2.14 bits per heavy atom. The van der Waals surface area contributed by atoms with Crippen molar-refractivity contribution >= 4 is 16.5 Å². The lowest BCUT2D eigenvalue weighted by Gasteiger charge is -2.20. The van der Waals surface area contributed by atoms with Gasteiger partial charge in [0.25, 0.3) is 0 Å². The molecule has 4 heteroatoms.